The third-order valence-corrected chi connectivity index (χ3v) is 3.46. The largest absolute Gasteiger partial charge is 0.494 e. The minimum atomic E-state index is 0.241. The fourth-order valence-electron chi connectivity index (χ4n) is 2.21. The maximum atomic E-state index is 5.71. The Balaban J connectivity index is 2.75. The second-order valence-corrected chi connectivity index (χ2v) is 5.37. The maximum Gasteiger partial charge on any atom is 0.124 e. The molecule has 2 atom stereocenters. The molecule has 114 valence electrons. The maximum absolute atomic E-state index is 5.71. The Hall–Kier alpha value is -1.06. The molecule has 0 spiro atoms. The van der Waals surface area contributed by atoms with E-state index in [0.717, 1.165) is 19.0 Å². The van der Waals surface area contributed by atoms with Crippen LogP contribution in [-0.2, 0) is 4.74 Å². The molecule has 0 aliphatic carbocycles. The highest BCUT2D eigenvalue weighted by Gasteiger charge is 2.18. The van der Waals surface area contributed by atoms with Crippen LogP contribution in [0.5, 0.6) is 5.75 Å². The van der Waals surface area contributed by atoms with Crippen molar-refractivity contribution in [3.05, 3.63) is 29.8 Å². The van der Waals surface area contributed by atoms with Gasteiger partial charge in [0.1, 0.15) is 5.75 Å². The highest BCUT2D eigenvalue weighted by atomic mass is 16.5. The number of benzene rings is 1. The van der Waals surface area contributed by atoms with E-state index in [-0.39, 0.29) is 6.04 Å². The number of rotatable bonds is 9. The predicted molar refractivity (Wildman–Crippen MR) is 84.3 cm³/mol. The molecular formula is C17H29NO2. The molecule has 1 aromatic carbocycles. The van der Waals surface area contributed by atoms with Crippen LogP contribution in [0.1, 0.15) is 46.2 Å². The zero-order valence-electron chi connectivity index (χ0n) is 13.5. The van der Waals surface area contributed by atoms with Crippen molar-refractivity contribution < 1.29 is 9.47 Å². The van der Waals surface area contributed by atoms with Crippen LogP contribution in [0.4, 0.5) is 0 Å². The van der Waals surface area contributed by atoms with Gasteiger partial charge in [-0.1, -0.05) is 32.0 Å². The Morgan fingerprint density at radius 2 is 1.75 bits per heavy atom. The summed E-state index contributed by atoms with van der Waals surface area (Å²) >= 11 is 0. The van der Waals surface area contributed by atoms with Gasteiger partial charge in [0.25, 0.3) is 0 Å². The van der Waals surface area contributed by atoms with Crippen molar-refractivity contribution in [2.45, 2.75) is 46.7 Å². The molecule has 0 aromatic heterocycles. The smallest absolute Gasteiger partial charge is 0.124 e. The number of ether oxygens (including phenoxy) is 2. The third-order valence-electron chi connectivity index (χ3n) is 3.46. The van der Waals surface area contributed by atoms with E-state index < -0.39 is 0 Å². The van der Waals surface area contributed by atoms with E-state index >= 15 is 0 Å². The Labute approximate surface area is 123 Å². The molecule has 1 rings (SSSR count). The molecule has 0 saturated heterocycles. The number of hydrogen-bond donors (Lipinski definition) is 1. The van der Waals surface area contributed by atoms with E-state index in [2.05, 4.69) is 38.2 Å². The monoisotopic (exact) mass is 279 g/mol. The molecule has 0 radical (unpaired) electrons. The predicted octanol–water partition coefficient (Wildman–Crippen LogP) is 3.80. The lowest BCUT2D eigenvalue weighted by atomic mass is 10.0. The fourth-order valence-corrected chi connectivity index (χ4v) is 2.21. The average Bonchev–Trinajstić information content (AvgIpc) is 2.43. The summed E-state index contributed by atoms with van der Waals surface area (Å²) in [7, 11) is 0. The van der Waals surface area contributed by atoms with Crippen molar-refractivity contribution in [2.75, 3.05) is 19.8 Å². The molecule has 0 amide bonds. The normalized spacial score (nSPS) is 14.3. The van der Waals surface area contributed by atoms with E-state index in [4.69, 9.17) is 9.47 Å². The Kier molecular flexibility index (Phi) is 7.63. The van der Waals surface area contributed by atoms with E-state index in [9.17, 15) is 0 Å². The van der Waals surface area contributed by atoms with Crippen molar-refractivity contribution in [2.24, 2.45) is 5.92 Å². The Morgan fingerprint density at radius 3 is 2.35 bits per heavy atom. The summed E-state index contributed by atoms with van der Waals surface area (Å²) in [4.78, 5) is 0. The van der Waals surface area contributed by atoms with Gasteiger partial charge in [-0.25, -0.2) is 0 Å². The summed E-state index contributed by atoms with van der Waals surface area (Å²) in [6.45, 7) is 12.9. The topological polar surface area (TPSA) is 30.5 Å². The molecule has 2 unspecified atom stereocenters. The van der Waals surface area contributed by atoms with Gasteiger partial charge in [0.15, 0.2) is 0 Å². The summed E-state index contributed by atoms with van der Waals surface area (Å²) < 4.78 is 11.3. The van der Waals surface area contributed by atoms with Crippen LogP contribution in [0.25, 0.3) is 0 Å². The Bertz CT molecular complexity index is 379. The number of nitrogens with one attached hydrogen (secondary N) is 1. The van der Waals surface area contributed by atoms with E-state index in [1.807, 2.05) is 26.0 Å². The standard InChI is InChI=1S/C17H29NO2/c1-6-19-12-16(13(3)4)18-14(5)15-10-8-9-11-17(15)20-7-2/h8-11,13-14,16,18H,6-7,12H2,1-5H3. The van der Waals surface area contributed by atoms with Crippen molar-refractivity contribution >= 4 is 0 Å². The Morgan fingerprint density at radius 1 is 1.05 bits per heavy atom. The van der Waals surface area contributed by atoms with Crippen molar-refractivity contribution in [3.8, 4) is 5.75 Å². The van der Waals surface area contributed by atoms with Crippen molar-refractivity contribution in [3.63, 3.8) is 0 Å². The lowest BCUT2D eigenvalue weighted by molar-refractivity contribution is 0.104. The minimum Gasteiger partial charge on any atom is -0.494 e. The van der Waals surface area contributed by atoms with Gasteiger partial charge in [-0.3, -0.25) is 0 Å². The van der Waals surface area contributed by atoms with Crippen LogP contribution < -0.4 is 10.1 Å². The molecule has 1 aromatic rings. The first-order valence-corrected chi connectivity index (χ1v) is 7.65. The highest BCUT2D eigenvalue weighted by molar-refractivity contribution is 5.35. The zero-order valence-corrected chi connectivity index (χ0v) is 13.5. The molecule has 0 saturated carbocycles. The van der Waals surface area contributed by atoms with Gasteiger partial charge < -0.3 is 14.8 Å². The first-order valence-electron chi connectivity index (χ1n) is 7.65. The van der Waals surface area contributed by atoms with Gasteiger partial charge in [0, 0.05) is 24.3 Å². The molecule has 0 heterocycles. The summed E-state index contributed by atoms with van der Waals surface area (Å²) in [5.74, 6) is 1.50. The van der Waals surface area contributed by atoms with Crippen LogP contribution in [0.15, 0.2) is 24.3 Å². The molecule has 0 fully saturated rings. The number of hydrogen-bond acceptors (Lipinski definition) is 3. The van der Waals surface area contributed by atoms with Crippen LogP contribution in [-0.4, -0.2) is 25.9 Å². The second kappa shape index (κ2) is 8.98. The van der Waals surface area contributed by atoms with Gasteiger partial charge >= 0.3 is 0 Å². The average molecular weight is 279 g/mol. The van der Waals surface area contributed by atoms with Crippen molar-refractivity contribution in [1.82, 2.24) is 5.32 Å². The van der Waals surface area contributed by atoms with E-state index in [1.165, 1.54) is 5.56 Å². The minimum absolute atomic E-state index is 0.241. The fraction of sp³-hybridized carbons (Fsp3) is 0.647. The lowest BCUT2D eigenvalue weighted by Gasteiger charge is -2.27. The zero-order chi connectivity index (χ0) is 15.0. The summed E-state index contributed by atoms with van der Waals surface area (Å²) in [5, 5.41) is 3.66. The summed E-state index contributed by atoms with van der Waals surface area (Å²) in [6, 6.07) is 8.82. The molecule has 20 heavy (non-hydrogen) atoms. The number of para-hydroxylation sites is 1. The third kappa shape index (κ3) is 5.14. The summed E-state index contributed by atoms with van der Waals surface area (Å²) in [5.41, 5.74) is 1.21. The van der Waals surface area contributed by atoms with Crippen LogP contribution >= 0.6 is 0 Å². The van der Waals surface area contributed by atoms with Crippen molar-refractivity contribution in [1.29, 1.82) is 0 Å². The molecule has 0 bridgehead atoms. The first kappa shape index (κ1) is 17.0. The van der Waals surface area contributed by atoms with Crippen LogP contribution in [0, 0.1) is 5.92 Å². The van der Waals surface area contributed by atoms with Gasteiger partial charge in [0.05, 0.1) is 13.2 Å². The van der Waals surface area contributed by atoms with Gasteiger partial charge in [-0.15, -0.1) is 0 Å². The highest BCUT2D eigenvalue weighted by Crippen LogP contribution is 2.25. The van der Waals surface area contributed by atoms with Crippen LogP contribution in [0.2, 0.25) is 0 Å². The molecule has 3 nitrogen and oxygen atoms in total. The molecule has 0 aliphatic heterocycles. The van der Waals surface area contributed by atoms with Gasteiger partial charge in [-0.05, 0) is 32.8 Å². The second-order valence-electron chi connectivity index (χ2n) is 5.37. The van der Waals surface area contributed by atoms with Gasteiger partial charge in [0.2, 0.25) is 0 Å². The molecular weight excluding hydrogens is 250 g/mol. The van der Waals surface area contributed by atoms with E-state index in [1.54, 1.807) is 0 Å². The van der Waals surface area contributed by atoms with Gasteiger partial charge in [-0.2, -0.15) is 0 Å². The molecule has 1 N–H and O–H groups in total. The van der Waals surface area contributed by atoms with Crippen LogP contribution in [0.3, 0.4) is 0 Å². The quantitative estimate of drug-likeness (QED) is 0.746. The molecule has 0 aliphatic rings. The first-order chi connectivity index (χ1) is 9.60. The molecule has 3 heteroatoms. The SMILES string of the molecule is CCOCC(NC(C)c1ccccc1OCC)C(C)C. The summed E-state index contributed by atoms with van der Waals surface area (Å²) in [6.07, 6.45) is 0. The van der Waals surface area contributed by atoms with E-state index in [0.29, 0.717) is 18.6 Å². The lowest BCUT2D eigenvalue weighted by Crippen LogP contribution is -2.39.